The van der Waals surface area contributed by atoms with Gasteiger partial charge in [0.1, 0.15) is 16.7 Å². The third-order valence-electron chi connectivity index (χ3n) is 7.42. The van der Waals surface area contributed by atoms with Crippen LogP contribution in [-0.2, 0) is 21.5 Å². The second kappa shape index (κ2) is 12.1. The maximum Gasteiger partial charge on any atom is 0.404 e. The topological polar surface area (TPSA) is 150 Å². The number of anilines is 1. The molecule has 43 heavy (non-hydrogen) atoms. The van der Waals surface area contributed by atoms with Gasteiger partial charge in [-0.25, -0.2) is 19.7 Å². The van der Waals surface area contributed by atoms with Gasteiger partial charge in [-0.3, -0.25) is 9.36 Å². The number of carbonyl (C=O) groups excluding carboxylic acids is 1. The van der Waals surface area contributed by atoms with Crippen LogP contribution in [0.3, 0.4) is 0 Å². The second-order valence-corrected chi connectivity index (χ2v) is 13.4. The van der Waals surface area contributed by atoms with Crippen LogP contribution in [0.15, 0.2) is 68.4 Å². The van der Waals surface area contributed by atoms with E-state index < -0.39 is 26.8 Å². The number of benzene rings is 2. The molecule has 0 aliphatic carbocycles. The number of carbonyl (C=O) groups is 1. The Morgan fingerprint density at radius 1 is 1.19 bits per heavy atom. The number of rotatable bonds is 8. The lowest BCUT2D eigenvalue weighted by molar-refractivity contribution is 0.0818. The highest BCUT2D eigenvalue weighted by Gasteiger charge is 2.32. The Labute approximate surface area is 256 Å². The van der Waals surface area contributed by atoms with Crippen molar-refractivity contribution in [1.29, 1.82) is 0 Å². The molecule has 1 fully saturated rings. The minimum Gasteiger partial charge on any atom is -0.449 e. The molecule has 1 amide bonds. The molecule has 1 aliphatic heterocycles. The van der Waals surface area contributed by atoms with Crippen LogP contribution in [-0.4, -0.2) is 53.7 Å². The maximum atomic E-state index is 13.6. The van der Waals surface area contributed by atoms with Gasteiger partial charge >= 0.3 is 16.3 Å². The summed E-state index contributed by atoms with van der Waals surface area (Å²) < 4.78 is 42.6. The molecule has 3 heterocycles. The van der Waals surface area contributed by atoms with Crippen molar-refractivity contribution in [3.8, 4) is 0 Å². The van der Waals surface area contributed by atoms with Gasteiger partial charge in [0.15, 0.2) is 0 Å². The quantitative estimate of drug-likeness (QED) is 0.267. The Bertz CT molecular complexity index is 1860. The average Bonchev–Trinajstić information content (AvgIpc) is 2.96. The van der Waals surface area contributed by atoms with Gasteiger partial charge in [-0.15, -0.1) is 3.89 Å². The minimum absolute atomic E-state index is 0.0224. The number of hydrogen-bond donors (Lipinski definition) is 1. The summed E-state index contributed by atoms with van der Waals surface area (Å²) in [5, 5.41) is 0.979. The van der Waals surface area contributed by atoms with Crippen molar-refractivity contribution in [3.63, 3.8) is 0 Å². The average molecular weight is 647 g/mol. The number of nitrogens with two attached hydrogens (primary N) is 1. The van der Waals surface area contributed by atoms with E-state index in [-0.39, 0.29) is 29.0 Å². The van der Waals surface area contributed by atoms with E-state index in [1.807, 2.05) is 0 Å². The fourth-order valence-electron chi connectivity index (χ4n) is 4.91. The summed E-state index contributed by atoms with van der Waals surface area (Å²) in [5.41, 5.74) is 5.38. The number of ether oxygens (including phenoxy) is 1. The van der Waals surface area contributed by atoms with Crippen LogP contribution in [0.25, 0.3) is 10.9 Å². The van der Waals surface area contributed by atoms with E-state index in [4.69, 9.17) is 22.1 Å². The fraction of sp³-hybridized carbons (Fsp3) is 0.321. The summed E-state index contributed by atoms with van der Waals surface area (Å²) in [5.74, 6) is 1.11. The van der Waals surface area contributed by atoms with Gasteiger partial charge in [0, 0.05) is 23.4 Å². The molecule has 15 heteroatoms. The predicted octanol–water partition coefficient (Wildman–Crippen LogP) is 4.71. The van der Waals surface area contributed by atoms with Crippen LogP contribution in [0.4, 0.5) is 14.5 Å². The lowest BCUT2D eigenvalue weighted by Gasteiger charge is -2.39. The molecule has 0 bridgehead atoms. The van der Waals surface area contributed by atoms with Crippen LogP contribution in [0.2, 0.25) is 5.02 Å². The number of fused-ring (bicyclic) bond motifs is 1. The summed E-state index contributed by atoms with van der Waals surface area (Å²) in [6.07, 6.45) is 4.16. The number of aryl methyl sites for hydroxylation is 1. The molecule has 5 rings (SSSR count). The molecule has 1 saturated heterocycles. The molecule has 2 aromatic heterocycles. The van der Waals surface area contributed by atoms with Gasteiger partial charge < -0.3 is 15.4 Å². The Morgan fingerprint density at radius 3 is 2.58 bits per heavy atom. The summed E-state index contributed by atoms with van der Waals surface area (Å²) in [7, 11) is -4.89. The maximum absolute atomic E-state index is 13.6. The van der Waals surface area contributed by atoms with Crippen LogP contribution >= 0.6 is 23.4 Å². The zero-order valence-electron chi connectivity index (χ0n) is 23.3. The van der Waals surface area contributed by atoms with Gasteiger partial charge in [-0.2, -0.15) is 8.42 Å². The number of nitrogens with zero attached hydrogens (tertiary/aromatic N) is 5. The molecule has 226 valence electrons. The van der Waals surface area contributed by atoms with Crippen LogP contribution in [0.5, 0.6) is 0 Å². The first-order valence-corrected chi connectivity index (χ1v) is 15.8. The molecular formula is C28H28ClFN6O5S2. The summed E-state index contributed by atoms with van der Waals surface area (Å²) >= 11 is 7.99. The van der Waals surface area contributed by atoms with Gasteiger partial charge in [-0.1, -0.05) is 42.4 Å². The lowest BCUT2D eigenvalue weighted by atomic mass is 9.81. The normalized spacial score (nSPS) is 15.0. The third-order valence-corrected chi connectivity index (χ3v) is 9.73. The van der Waals surface area contributed by atoms with Crippen molar-refractivity contribution in [3.05, 3.63) is 75.6 Å². The Morgan fingerprint density at radius 2 is 1.93 bits per heavy atom. The van der Waals surface area contributed by atoms with Crippen molar-refractivity contribution in [2.45, 2.75) is 48.1 Å². The van der Waals surface area contributed by atoms with E-state index in [0.29, 0.717) is 26.8 Å². The molecule has 4 aromatic rings. The first kappa shape index (κ1) is 30.7. The second-order valence-electron chi connectivity index (χ2n) is 10.6. The standard InChI is InChI=1S/C28H28ClFN6O5S2/c1-17-34-20-6-7-21(25(29)24(20)26(37)36(17)15-18-4-3-5-19(12-18)43(30,39)40)42-23-14-32-22(13-33-23)35-10-8-28(2,9-11-35)16-41-27(31)38/h3-7,12-14H,8-11,15-16H2,1-2H3,(H2,31,38). The minimum atomic E-state index is -4.89. The third kappa shape index (κ3) is 6.92. The smallest absolute Gasteiger partial charge is 0.404 e. The number of hydrogen-bond acceptors (Lipinski definition) is 10. The van der Waals surface area contributed by atoms with E-state index in [2.05, 4.69) is 26.8 Å². The number of halogens is 2. The number of primary amides is 1. The van der Waals surface area contributed by atoms with Crippen molar-refractivity contribution in [2.24, 2.45) is 11.1 Å². The van der Waals surface area contributed by atoms with Gasteiger partial charge in [-0.05, 0) is 49.6 Å². The van der Waals surface area contributed by atoms with Crippen LogP contribution < -0.4 is 16.2 Å². The van der Waals surface area contributed by atoms with Crippen molar-refractivity contribution in [1.82, 2.24) is 19.5 Å². The van der Waals surface area contributed by atoms with E-state index in [1.165, 1.54) is 28.5 Å². The molecule has 2 aromatic carbocycles. The highest BCUT2D eigenvalue weighted by Crippen LogP contribution is 2.36. The molecule has 0 atom stereocenters. The van der Waals surface area contributed by atoms with Crippen molar-refractivity contribution in [2.75, 3.05) is 24.6 Å². The molecular weight excluding hydrogens is 619 g/mol. The zero-order valence-corrected chi connectivity index (χ0v) is 25.7. The first-order valence-electron chi connectivity index (χ1n) is 13.2. The predicted molar refractivity (Wildman–Crippen MR) is 161 cm³/mol. The molecule has 0 saturated carbocycles. The highest BCUT2D eigenvalue weighted by molar-refractivity contribution is 7.99. The Kier molecular flexibility index (Phi) is 8.63. The van der Waals surface area contributed by atoms with Gasteiger partial charge in [0.2, 0.25) is 0 Å². The molecule has 2 N–H and O–H groups in total. The largest absolute Gasteiger partial charge is 0.449 e. The van der Waals surface area contributed by atoms with Crippen molar-refractivity contribution >= 4 is 56.4 Å². The molecule has 1 aliphatic rings. The highest BCUT2D eigenvalue weighted by atomic mass is 35.5. The zero-order chi connectivity index (χ0) is 30.9. The summed E-state index contributed by atoms with van der Waals surface area (Å²) in [6.45, 7) is 5.42. The lowest BCUT2D eigenvalue weighted by Crippen LogP contribution is -2.42. The van der Waals surface area contributed by atoms with E-state index in [1.54, 1.807) is 37.5 Å². The monoisotopic (exact) mass is 646 g/mol. The Balaban J connectivity index is 1.34. The number of piperidine rings is 1. The van der Waals surface area contributed by atoms with Gasteiger partial charge in [0.05, 0.1) is 46.4 Å². The summed E-state index contributed by atoms with van der Waals surface area (Å²) in [6, 6.07) is 8.80. The van der Waals surface area contributed by atoms with E-state index in [0.717, 1.165) is 37.8 Å². The SMILES string of the molecule is Cc1nc2ccc(Sc3cnc(N4CCC(C)(COC(N)=O)CC4)cn3)c(Cl)c2c(=O)n1Cc1cccc(S(=O)(=O)F)c1. The fourth-order valence-corrected chi connectivity index (χ4v) is 6.56. The molecule has 0 radical (unpaired) electrons. The summed E-state index contributed by atoms with van der Waals surface area (Å²) in [4.78, 5) is 40.4. The van der Waals surface area contributed by atoms with Crippen LogP contribution in [0.1, 0.15) is 31.2 Å². The first-order chi connectivity index (χ1) is 20.3. The number of amides is 1. The van der Waals surface area contributed by atoms with Gasteiger partial charge in [0.25, 0.3) is 5.56 Å². The number of aromatic nitrogens is 4. The molecule has 0 unspecified atom stereocenters. The van der Waals surface area contributed by atoms with E-state index in [9.17, 15) is 21.9 Å². The Hall–Kier alpha value is -3.75. The molecule has 0 spiro atoms. The van der Waals surface area contributed by atoms with Crippen LogP contribution in [0, 0.1) is 12.3 Å². The molecule has 11 nitrogen and oxygen atoms in total. The van der Waals surface area contributed by atoms with Crippen molar-refractivity contribution < 1.29 is 21.8 Å². The van der Waals surface area contributed by atoms with E-state index >= 15 is 0 Å².